The van der Waals surface area contributed by atoms with Crippen LogP contribution in [0.15, 0.2) is 29.6 Å². The van der Waals surface area contributed by atoms with Crippen molar-refractivity contribution < 1.29 is 14.6 Å². The molecule has 1 aromatic carbocycles. The number of amides is 1. The van der Waals surface area contributed by atoms with E-state index in [1.165, 1.54) is 0 Å². The minimum Gasteiger partial charge on any atom is -0.392 e. The molecule has 1 aliphatic rings. The van der Waals surface area contributed by atoms with Gasteiger partial charge < -0.3 is 14.7 Å². The Bertz CT molecular complexity index is 695. The first-order chi connectivity index (χ1) is 11.7. The van der Waals surface area contributed by atoms with Crippen molar-refractivity contribution >= 4 is 17.2 Å². The number of aryl methyl sites for hydroxylation is 1. The van der Waals surface area contributed by atoms with Gasteiger partial charge in [-0.25, -0.2) is 4.98 Å². The monoisotopic (exact) mass is 346 g/mol. The fourth-order valence-electron chi connectivity index (χ4n) is 2.88. The van der Waals surface area contributed by atoms with Gasteiger partial charge in [-0.1, -0.05) is 12.1 Å². The zero-order chi connectivity index (χ0) is 16.9. The third-order valence-electron chi connectivity index (χ3n) is 4.08. The Morgan fingerprint density at radius 1 is 1.50 bits per heavy atom. The van der Waals surface area contributed by atoms with Gasteiger partial charge in [0, 0.05) is 29.8 Å². The van der Waals surface area contributed by atoms with Gasteiger partial charge >= 0.3 is 0 Å². The number of rotatable bonds is 6. The molecule has 5 nitrogen and oxygen atoms in total. The van der Waals surface area contributed by atoms with Crippen molar-refractivity contribution in [3.63, 3.8) is 0 Å². The Labute approximate surface area is 145 Å². The van der Waals surface area contributed by atoms with Crippen molar-refractivity contribution in [3.05, 3.63) is 51.5 Å². The van der Waals surface area contributed by atoms with E-state index in [0.717, 1.165) is 35.7 Å². The highest BCUT2D eigenvalue weighted by Gasteiger charge is 2.24. The van der Waals surface area contributed by atoms with Crippen molar-refractivity contribution in [1.29, 1.82) is 0 Å². The molecule has 128 valence electrons. The summed E-state index contributed by atoms with van der Waals surface area (Å²) < 4.78 is 5.71. The van der Waals surface area contributed by atoms with Crippen LogP contribution in [0, 0.1) is 6.92 Å². The second-order valence-corrected chi connectivity index (χ2v) is 7.00. The van der Waals surface area contributed by atoms with Crippen LogP contribution in [0.25, 0.3) is 0 Å². The lowest BCUT2D eigenvalue weighted by atomic mass is 10.1. The number of hydrogen-bond donors (Lipinski definition) is 1. The van der Waals surface area contributed by atoms with E-state index in [9.17, 15) is 9.90 Å². The molecule has 1 unspecified atom stereocenters. The molecule has 1 atom stereocenters. The highest BCUT2D eigenvalue weighted by atomic mass is 32.1. The van der Waals surface area contributed by atoms with Gasteiger partial charge in [0.1, 0.15) is 5.01 Å². The number of carbonyl (C=O) groups is 1. The number of benzene rings is 1. The number of nitrogens with zero attached hydrogens (tertiary/aromatic N) is 2. The largest absolute Gasteiger partial charge is 0.392 e. The zero-order valence-corrected chi connectivity index (χ0v) is 14.6. The third kappa shape index (κ3) is 4.20. The molecule has 0 radical (unpaired) electrons. The lowest BCUT2D eigenvalue weighted by molar-refractivity contribution is 0.0507. The number of carbonyl (C=O) groups excluding carboxylic acids is 1. The van der Waals surface area contributed by atoms with Crippen LogP contribution in [0.2, 0.25) is 0 Å². The zero-order valence-electron chi connectivity index (χ0n) is 13.8. The van der Waals surface area contributed by atoms with Gasteiger partial charge in [-0.15, -0.1) is 11.3 Å². The Morgan fingerprint density at radius 2 is 2.38 bits per heavy atom. The van der Waals surface area contributed by atoms with Gasteiger partial charge in [-0.3, -0.25) is 4.79 Å². The summed E-state index contributed by atoms with van der Waals surface area (Å²) in [6.45, 7) is 3.71. The number of aliphatic hydroxyl groups excluding tert-OH is 1. The van der Waals surface area contributed by atoms with E-state index >= 15 is 0 Å². The molecule has 2 heterocycles. The van der Waals surface area contributed by atoms with E-state index in [-0.39, 0.29) is 18.6 Å². The van der Waals surface area contributed by atoms with Crippen LogP contribution in [-0.4, -0.2) is 40.2 Å². The van der Waals surface area contributed by atoms with Crippen LogP contribution in [0.4, 0.5) is 0 Å². The lowest BCUT2D eigenvalue weighted by Crippen LogP contribution is -2.37. The first kappa shape index (κ1) is 17.1. The molecule has 1 aliphatic heterocycles. The Balaban J connectivity index is 1.79. The van der Waals surface area contributed by atoms with E-state index < -0.39 is 0 Å². The second kappa shape index (κ2) is 7.88. The van der Waals surface area contributed by atoms with Gasteiger partial charge in [-0.2, -0.15) is 0 Å². The fourth-order valence-corrected chi connectivity index (χ4v) is 3.66. The van der Waals surface area contributed by atoms with Gasteiger partial charge in [0.05, 0.1) is 19.3 Å². The number of thiazole rings is 1. The molecule has 6 heteroatoms. The van der Waals surface area contributed by atoms with E-state index in [2.05, 4.69) is 4.98 Å². The normalized spacial score (nSPS) is 17.2. The van der Waals surface area contributed by atoms with E-state index in [0.29, 0.717) is 18.7 Å². The first-order valence-corrected chi connectivity index (χ1v) is 9.05. The van der Waals surface area contributed by atoms with Crippen LogP contribution in [0.3, 0.4) is 0 Å². The number of hydrogen-bond acceptors (Lipinski definition) is 5. The number of aliphatic hydroxyl groups is 1. The number of aromatic nitrogens is 1. The Hall–Kier alpha value is -1.76. The molecule has 0 bridgehead atoms. The minimum atomic E-state index is -0.0709. The van der Waals surface area contributed by atoms with Crippen LogP contribution < -0.4 is 0 Å². The average molecular weight is 346 g/mol. The molecule has 24 heavy (non-hydrogen) atoms. The Kier molecular flexibility index (Phi) is 5.60. The predicted octanol–water partition coefficient (Wildman–Crippen LogP) is 2.77. The fraction of sp³-hybridized carbons (Fsp3) is 0.444. The van der Waals surface area contributed by atoms with E-state index in [1.54, 1.807) is 29.5 Å². The summed E-state index contributed by atoms with van der Waals surface area (Å²) in [5, 5.41) is 12.2. The van der Waals surface area contributed by atoms with Crippen molar-refractivity contribution in [2.75, 3.05) is 13.2 Å². The second-order valence-electron chi connectivity index (χ2n) is 6.06. The number of ether oxygens (including phenoxy) is 1. The van der Waals surface area contributed by atoms with Crippen LogP contribution in [0.1, 0.15) is 39.5 Å². The molecule has 1 amide bonds. The minimum absolute atomic E-state index is 0.0475. The molecule has 2 aromatic rings. The SMILES string of the molecule is Cc1csc(CN(CC2CCCO2)C(=O)c2cccc(CO)c2)n1. The smallest absolute Gasteiger partial charge is 0.254 e. The molecule has 0 aliphatic carbocycles. The van der Waals surface area contributed by atoms with Crippen LogP contribution in [-0.2, 0) is 17.9 Å². The average Bonchev–Trinajstić information content (AvgIpc) is 3.25. The standard InChI is InChI=1S/C18H22N2O3S/c1-13-12-24-17(19-13)10-20(9-16-6-3-7-23-16)18(22)15-5-2-4-14(8-15)11-21/h2,4-5,8,12,16,21H,3,6-7,9-11H2,1H3. The molecule has 3 rings (SSSR count). The summed E-state index contributed by atoms with van der Waals surface area (Å²) >= 11 is 1.57. The maximum Gasteiger partial charge on any atom is 0.254 e. The maximum absolute atomic E-state index is 13.0. The molecule has 1 N–H and O–H groups in total. The third-order valence-corrected chi connectivity index (χ3v) is 5.04. The van der Waals surface area contributed by atoms with E-state index in [4.69, 9.17) is 4.74 Å². The summed E-state index contributed by atoms with van der Waals surface area (Å²) in [6.07, 6.45) is 2.12. The highest BCUT2D eigenvalue weighted by Crippen LogP contribution is 2.19. The van der Waals surface area contributed by atoms with Crippen molar-refractivity contribution in [3.8, 4) is 0 Å². The van der Waals surface area contributed by atoms with Gasteiger partial charge in [0.2, 0.25) is 0 Å². The topological polar surface area (TPSA) is 62.7 Å². The maximum atomic E-state index is 13.0. The molecule has 1 fully saturated rings. The van der Waals surface area contributed by atoms with Crippen LogP contribution in [0.5, 0.6) is 0 Å². The summed E-state index contributed by atoms with van der Waals surface area (Å²) in [4.78, 5) is 19.3. The summed E-state index contributed by atoms with van der Waals surface area (Å²) in [6, 6.07) is 7.15. The first-order valence-electron chi connectivity index (χ1n) is 8.17. The molecule has 1 aromatic heterocycles. The van der Waals surface area contributed by atoms with Crippen molar-refractivity contribution in [2.24, 2.45) is 0 Å². The Morgan fingerprint density at radius 3 is 3.04 bits per heavy atom. The molecule has 0 spiro atoms. The molecular formula is C18H22N2O3S. The summed E-state index contributed by atoms with van der Waals surface area (Å²) in [5.41, 5.74) is 2.30. The van der Waals surface area contributed by atoms with Gasteiger partial charge in [0.25, 0.3) is 5.91 Å². The van der Waals surface area contributed by atoms with Crippen LogP contribution >= 0.6 is 11.3 Å². The lowest BCUT2D eigenvalue weighted by Gasteiger charge is -2.25. The molecular weight excluding hydrogens is 324 g/mol. The molecule has 0 saturated carbocycles. The predicted molar refractivity (Wildman–Crippen MR) is 92.9 cm³/mol. The quantitative estimate of drug-likeness (QED) is 0.874. The van der Waals surface area contributed by atoms with Crippen molar-refractivity contribution in [2.45, 2.75) is 39.0 Å². The highest BCUT2D eigenvalue weighted by molar-refractivity contribution is 7.09. The summed E-state index contributed by atoms with van der Waals surface area (Å²) in [5.74, 6) is -0.0475. The summed E-state index contributed by atoms with van der Waals surface area (Å²) in [7, 11) is 0. The molecule has 1 saturated heterocycles. The van der Waals surface area contributed by atoms with E-state index in [1.807, 2.05) is 23.3 Å². The van der Waals surface area contributed by atoms with Gasteiger partial charge in [-0.05, 0) is 37.5 Å². The van der Waals surface area contributed by atoms with Crippen molar-refractivity contribution in [1.82, 2.24) is 9.88 Å². The van der Waals surface area contributed by atoms with Gasteiger partial charge in [0.15, 0.2) is 0 Å².